The number of anilines is 1. The van der Waals surface area contributed by atoms with Crippen molar-refractivity contribution in [3.05, 3.63) is 66.3 Å². The van der Waals surface area contributed by atoms with Gasteiger partial charge in [-0.15, -0.1) is 0 Å². The molecule has 0 spiro atoms. The molecule has 0 aliphatic rings. The maximum atomic E-state index is 13.5. The molecule has 2 aromatic carbocycles. The lowest BCUT2D eigenvalue weighted by atomic mass is 10.2. The Kier molecular flexibility index (Phi) is 3.78. The number of oxazole rings is 1. The Morgan fingerprint density at radius 2 is 2.05 bits per heavy atom. The largest absolute Gasteiger partial charge is 0.484 e. The molecule has 0 aliphatic carbocycles. The summed E-state index contributed by atoms with van der Waals surface area (Å²) in [6.45, 7) is 1.86. The summed E-state index contributed by atoms with van der Waals surface area (Å²) in [7, 11) is 0. The molecule has 1 radical (unpaired) electrons. The van der Waals surface area contributed by atoms with Gasteiger partial charge in [0.05, 0.1) is 5.69 Å². The summed E-state index contributed by atoms with van der Waals surface area (Å²) < 4.78 is 24.7. The molecular weight excluding hydrogens is 283 g/mol. The van der Waals surface area contributed by atoms with Gasteiger partial charge in [-0.25, -0.2) is 9.37 Å². The zero-order valence-electron chi connectivity index (χ0n) is 11.9. The van der Waals surface area contributed by atoms with Crippen LogP contribution < -0.4 is 10.5 Å². The minimum Gasteiger partial charge on any atom is -0.484 e. The Bertz CT molecular complexity index is 771. The quantitative estimate of drug-likeness (QED) is 0.739. The minimum absolute atomic E-state index is 0.0908. The van der Waals surface area contributed by atoms with Crippen LogP contribution in [-0.4, -0.2) is 4.98 Å². The molecule has 0 bridgehead atoms. The van der Waals surface area contributed by atoms with Gasteiger partial charge in [-0.1, -0.05) is 12.1 Å². The molecule has 111 valence electrons. The van der Waals surface area contributed by atoms with E-state index in [1.165, 1.54) is 18.4 Å². The molecule has 3 aromatic rings. The van der Waals surface area contributed by atoms with E-state index in [1.54, 1.807) is 18.2 Å². The second kappa shape index (κ2) is 5.89. The van der Waals surface area contributed by atoms with E-state index >= 15 is 0 Å². The van der Waals surface area contributed by atoms with Crippen LogP contribution >= 0.6 is 0 Å². The molecular formula is C17H14FN2O2. The van der Waals surface area contributed by atoms with Crippen LogP contribution in [0.3, 0.4) is 0 Å². The number of ether oxygens (including phenoxy) is 1. The van der Waals surface area contributed by atoms with Crippen molar-refractivity contribution in [2.24, 2.45) is 0 Å². The summed E-state index contributed by atoms with van der Waals surface area (Å²) >= 11 is 0. The van der Waals surface area contributed by atoms with Crippen LogP contribution in [0.1, 0.15) is 18.7 Å². The minimum atomic E-state index is -0.498. The van der Waals surface area contributed by atoms with Crippen molar-refractivity contribution in [1.29, 1.82) is 0 Å². The average molecular weight is 297 g/mol. The highest BCUT2D eigenvalue weighted by Gasteiger charge is 2.15. The summed E-state index contributed by atoms with van der Waals surface area (Å²) in [5, 5.41) is 0. The predicted molar refractivity (Wildman–Crippen MR) is 80.6 cm³/mol. The van der Waals surface area contributed by atoms with E-state index in [-0.39, 0.29) is 11.8 Å². The highest BCUT2D eigenvalue weighted by molar-refractivity contribution is 5.58. The molecule has 0 amide bonds. The third kappa shape index (κ3) is 2.93. The van der Waals surface area contributed by atoms with Crippen molar-refractivity contribution in [1.82, 2.24) is 4.98 Å². The summed E-state index contributed by atoms with van der Waals surface area (Å²) in [5.41, 5.74) is 6.70. The lowest BCUT2D eigenvalue weighted by Crippen LogP contribution is -2.03. The fraction of sp³-hybridized carbons (Fsp3) is 0.118. The van der Waals surface area contributed by atoms with Gasteiger partial charge >= 0.3 is 0 Å². The molecule has 5 heteroatoms. The first-order valence-corrected chi connectivity index (χ1v) is 6.77. The first-order chi connectivity index (χ1) is 10.6. The Balaban J connectivity index is 1.79. The zero-order valence-corrected chi connectivity index (χ0v) is 11.9. The molecule has 0 aliphatic heterocycles. The van der Waals surface area contributed by atoms with E-state index in [0.29, 0.717) is 22.9 Å². The highest BCUT2D eigenvalue weighted by Crippen LogP contribution is 2.26. The van der Waals surface area contributed by atoms with Crippen LogP contribution in [0.5, 0.6) is 5.75 Å². The van der Waals surface area contributed by atoms with Gasteiger partial charge in [-0.2, -0.15) is 0 Å². The van der Waals surface area contributed by atoms with Crippen molar-refractivity contribution in [3.8, 4) is 17.2 Å². The van der Waals surface area contributed by atoms with E-state index in [9.17, 15) is 4.39 Å². The second-order valence-corrected chi connectivity index (χ2v) is 4.81. The topological polar surface area (TPSA) is 61.3 Å². The van der Waals surface area contributed by atoms with Crippen molar-refractivity contribution in [2.75, 3.05) is 5.73 Å². The molecule has 1 aromatic heterocycles. The second-order valence-electron chi connectivity index (χ2n) is 4.81. The van der Waals surface area contributed by atoms with Gasteiger partial charge in [0.25, 0.3) is 0 Å². The Morgan fingerprint density at radius 1 is 1.27 bits per heavy atom. The van der Waals surface area contributed by atoms with Crippen LogP contribution in [0, 0.1) is 11.9 Å². The summed E-state index contributed by atoms with van der Waals surface area (Å²) in [6.07, 6.45) is 1.21. The van der Waals surface area contributed by atoms with Crippen LogP contribution in [0.15, 0.2) is 53.1 Å². The number of halogens is 1. The molecule has 0 saturated heterocycles. The first kappa shape index (κ1) is 14.1. The van der Waals surface area contributed by atoms with Gasteiger partial charge in [-0.3, -0.25) is 0 Å². The van der Waals surface area contributed by atoms with Crippen LogP contribution in [0.2, 0.25) is 0 Å². The van der Waals surface area contributed by atoms with Crippen LogP contribution in [-0.2, 0) is 0 Å². The number of rotatable bonds is 4. The lowest BCUT2D eigenvalue weighted by molar-refractivity contribution is 0.221. The average Bonchev–Trinajstić information content (AvgIpc) is 3.01. The number of nitrogen functional groups attached to an aromatic ring is 1. The van der Waals surface area contributed by atoms with Crippen molar-refractivity contribution in [2.45, 2.75) is 13.0 Å². The molecule has 1 unspecified atom stereocenters. The molecule has 0 fully saturated rings. The zero-order chi connectivity index (χ0) is 15.5. The van der Waals surface area contributed by atoms with Gasteiger partial charge in [-0.05, 0) is 43.3 Å². The number of hydrogen-bond donors (Lipinski definition) is 1. The van der Waals surface area contributed by atoms with E-state index in [4.69, 9.17) is 14.9 Å². The van der Waals surface area contributed by atoms with Crippen LogP contribution in [0.4, 0.5) is 10.1 Å². The number of aromatic nitrogens is 1. The maximum Gasteiger partial charge on any atom is 0.226 e. The fourth-order valence-corrected chi connectivity index (χ4v) is 1.98. The summed E-state index contributed by atoms with van der Waals surface area (Å²) in [6, 6.07) is 14.5. The lowest BCUT2D eigenvalue weighted by Gasteiger charge is -2.11. The van der Waals surface area contributed by atoms with E-state index in [0.717, 1.165) is 0 Å². The Morgan fingerprint density at radius 3 is 2.77 bits per heavy atom. The van der Waals surface area contributed by atoms with Crippen LogP contribution in [0.25, 0.3) is 11.5 Å². The SMILES string of the molecule is CC(Oc1cc[c]cc1)c1coc(-c2ccc(N)c(F)c2)n1. The predicted octanol–water partition coefficient (Wildman–Crippen LogP) is 4.00. The molecule has 0 saturated carbocycles. The molecule has 1 atom stereocenters. The molecule has 3 rings (SSSR count). The number of benzene rings is 2. The van der Waals surface area contributed by atoms with E-state index in [2.05, 4.69) is 11.1 Å². The van der Waals surface area contributed by atoms with Gasteiger partial charge in [0.1, 0.15) is 29.6 Å². The molecule has 22 heavy (non-hydrogen) atoms. The molecule has 1 heterocycles. The Labute approximate surface area is 127 Å². The Hall–Kier alpha value is -2.82. The third-order valence-corrected chi connectivity index (χ3v) is 3.19. The highest BCUT2D eigenvalue weighted by atomic mass is 19.1. The van der Waals surface area contributed by atoms with Gasteiger partial charge < -0.3 is 14.9 Å². The monoisotopic (exact) mass is 297 g/mol. The van der Waals surface area contributed by atoms with Gasteiger partial charge in [0.15, 0.2) is 0 Å². The van der Waals surface area contributed by atoms with Crippen molar-refractivity contribution in [3.63, 3.8) is 0 Å². The normalized spacial score (nSPS) is 12.1. The summed E-state index contributed by atoms with van der Waals surface area (Å²) in [5.74, 6) is 0.544. The first-order valence-electron chi connectivity index (χ1n) is 6.77. The molecule has 2 N–H and O–H groups in total. The third-order valence-electron chi connectivity index (χ3n) is 3.19. The standard InChI is InChI=1S/C17H14FN2O2/c1-11(22-13-5-3-2-4-6-13)16-10-21-17(20-16)12-7-8-15(19)14(18)9-12/h3-11H,19H2,1H3. The van der Waals surface area contributed by atoms with Crippen molar-refractivity contribution < 1.29 is 13.5 Å². The van der Waals surface area contributed by atoms with Gasteiger partial charge in [0.2, 0.25) is 5.89 Å². The maximum absolute atomic E-state index is 13.5. The molecule has 4 nitrogen and oxygen atoms in total. The van der Waals surface area contributed by atoms with E-state index < -0.39 is 5.82 Å². The smallest absolute Gasteiger partial charge is 0.226 e. The van der Waals surface area contributed by atoms with Crippen molar-refractivity contribution >= 4 is 5.69 Å². The van der Waals surface area contributed by atoms with E-state index in [1.807, 2.05) is 19.1 Å². The number of hydrogen-bond acceptors (Lipinski definition) is 4. The summed E-state index contributed by atoms with van der Waals surface area (Å²) in [4.78, 5) is 4.34. The number of nitrogens with zero attached hydrogens (tertiary/aromatic N) is 1. The van der Waals surface area contributed by atoms with Gasteiger partial charge in [0, 0.05) is 5.56 Å². The fourth-order valence-electron chi connectivity index (χ4n) is 1.98. The number of nitrogens with two attached hydrogens (primary N) is 1.